The molecular formula is C14H16ClN3O2. The number of nitro benzene ring substituents is 1. The van der Waals surface area contributed by atoms with E-state index in [2.05, 4.69) is 6.07 Å². The molecule has 5 nitrogen and oxygen atoms in total. The van der Waals surface area contributed by atoms with Gasteiger partial charge in [-0.2, -0.15) is 5.26 Å². The normalized spacial score (nSPS) is 15.4. The lowest BCUT2D eigenvalue weighted by molar-refractivity contribution is -0.385. The molecule has 1 aliphatic carbocycles. The highest BCUT2D eigenvalue weighted by Gasteiger charge is 2.25. The molecule has 0 radical (unpaired) electrons. The van der Waals surface area contributed by atoms with Gasteiger partial charge in [0, 0.05) is 29.2 Å². The van der Waals surface area contributed by atoms with E-state index >= 15 is 0 Å². The molecule has 106 valence electrons. The van der Waals surface area contributed by atoms with Crippen LogP contribution in [0.5, 0.6) is 0 Å². The van der Waals surface area contributed by atoms with Gasteiger partial charge in [-0.25, -0.2) is 0 Å². The summed E-state index contributed by atoms with van der Waals surface area (Å²) in [7, 11) is 0. The Bertz CT molecular complexity index is 536. The quantitative estimate of drug-likeness (QED) is 0.473. The number of benzene rings is 1. The average molecular weight is 294 g/mol. The molecule has 2 rings (SSSR count). The maximum Gasteiger partial charge on any atom is 0.275 e. The maximum atomic E-state index is 11.1. The largest absolute Gasteiger partial charge is 0.283 e. The number of nitrogens with zero attached hydrogens (tertiary/aromatic N) is 3. The maximum absolute atomic E-state index is 11.1. The SMILES string of the molecule is N#CCN(Cc1ccc(Cl)cc1[N+](=O)[O-])C1CCCC1. The predicted molar refractivity (Wildman–Crippen MR) is 76.4 cm³/mol. The fourth-order valence-corrected chi connectivity index (χ4v) is 2.90. The lowest BCUT2D eigenvalue weighted by Crippen LogP contribution is -2.33. The van der Waals surface area contributed by atoms with Gasteiger partial charge in [-0.15, -0.1) is 0 Å². The summed E-state index contributed by atoms with van der Waals surface area (Å²) >= 11 is 5.82. The molecule has 1 saturated carbocycles. The molecule has 0 saturated heterocycles. The summed E-state index contributed by atoms with van der Waals surface area (Å²) in [5, 5.41) is 20.4. The van der Waals surface area contributed by atoms with E-state index < -0.39 is 4.92 Å². The molecule has 1 aliphatic rings. The number of hydrogen-bond donors (Lipinski definition) is 0. The van der Waals surface area contributed by atoms with E-state index in [1.54, 1.807) is 12.1 Å². The Hall–Kier alpha value is -1.64. The summed E-state index contributed by atoms with van der Waals surface area (Å²) in [5.41, 5.74) is 0.639. The van der Waals surface area contributed by atoms with Crippen molar-refractivity contribution in [2.24, 2.45) is 0 Å². The second kappa shape index (κ2) is 6.69. The number of halogens is 1. The van der Waals surface area contributed by atoms with Gasteiger partial charge in [0.2, 0.25) is 0 Å². The molecular weight excluding hydrogens is 278 g/mol. The van der Waals surface area contributed by atoms with Crippen molar-refractivity contribution in [3.8, 4) is 6.07 Å². The van der Waals surface area contributed by atoms with Crippen molar-refractivity contribution < 1.29 is 4.92 Å². The topological polar surface area (TPSA) is 70.2 Å². The zero-order valence-corrected chi connectivity index (χ0v) is 11.8. The molecule has 0 spiro atoms. The molecule has 20 heavy (non-hydrogen) atoms. The number of rotatable bonds is 5. The highest BCUT2D eigenvalue weighted by molar-refractivity contribution is 6.30. The van der Waals surface area contributed by atoms with Crippen molar-refractivity contribution >= 4 is 17.3 Å². The smallest absolute Gasteiger partial charge is 0.275 e. The zero-order valence-electron chi connectivity index (χ0n) is 11.1. The Morgan fingerprint density at radius 3 is 2.75 bits per heavy atom. The van der Waals surface area contributed by atoms with Crippen LogP contribution in [0.4, 0.5) is 5.69 Å². The summed E-state index contributed by atoms with van der Waals surface area (Å²) in [6, 6.07) is 7.21. The summed E-state index contributed by atoms with van der Waals surface area (Å²) in [5.74, 6) is 0. The van der Waals surface area contributed by atoms with Gasteiger partial charge >= 0.3 is 0 Å². The molecule has 0 heterocycles. The lowest BCUT2D eigenvalue weighted by atomic mass is 10.1. The lowest BCUT2D eigenvalue weighted by Gasteiger charge is -2.26. The summed E-state index contributed by atoms with van der Waals surface area (Å²) in [4.78, 5) is 12.7. The van der Waals surface area contributed by atoms with E-state index in [1.165, 1.54) is 6.07 Å². The van der Waals surface area contributed by atoms with E-state index in [1.807, 2.05) is 4.90 Å². The molecule has 1 aromatic rings. The fourth-order valence-electron chi connectivity index (χ4n) is 2.73. The third-order valence-corrected chi connectivity index (χ3v) is 3.97. The van der Waals surface area contributed by atoms with Crippen LogP contribution >= 0.6 is 11.6 Å². The van der Waals surface area contributed by atoms with E-state index in [4.69, 9.17) is 16.9 Å². The monoisotopic (exact) mass is 293 g/mol. The molecule has 1 fully saturated rings. The van der Waals surface area contributed by atoms with E-state index in [0.29, 0.717) is 29.7 Å². The summed E-state index contributed by atoms with van der Waals surface area (Å²) < 4.78 is 0. The van der Waals surface area contributed by atoms with Gasteiger partial charge in [0.15, 0.2) is 0 Å². The number of nitriles is 1. The minimum absolute atomic E-state index is 0.0263. The Balaban J connectivity index is 2.21. The van der Waals surface area contributed by atoms with Crippen LogP contribution in [0.15, 0.2) is 18.2 Å². The Morgan fingerprint density at radius 1 is 1.45 bits per heavy atom. The predicted octanol–water partition coefficient (Wildman–Crippen LogP) is 3.52. The van der Waals surface area contributed by atoms with Crippen LogP contribution in [0.1, 0.15) is 31.2 Å². The third kappa shape index (κ3) is 3.47. The highest BCUT2D eigenvalue weighted by atomic mass is 35.5. The van der Waals surface area contributed by atoms with Gasteiger partial charge in [0.1, 0.15) is 0 Å². The molecule has 0 amide bonds. The van der Waals surface area contributed by atoms with Crippen LogP contribution in [0.25, 0.3) is 0 Å². The minimum Gasteiger partial charge on any atom is -0.283 e. The fraction of sp³-hybridized carbons (Fsp3) is 0.500. The summed E-state index contributed by atoms with van der Waals surface area (Å²) in [6.07, 6.45) is 4.44. The number of hydrogen-bond acceptors (Lipinski definition) is 4. The number of nitro groups is 1. The summed E-state index contributed by atoms with van der Waals surface area (Å²) in [6.45, 7) is 0.718. The molecule has 0 bridgehead atoms. The van der Waals surface area contributed by atoms with Crippen molar-refractivity contribution in [3.05, 3.63) is 38.9 Å². The van der Waals surface area contributed by atoms with Crippen molar-refractivity contribution in [3.63, 3.8) is 0 Å². The molecule has 0 aromatic heterocycles. The third-order valence-electron chi connectivity index (χ3n) is 3.73. The molecule has 6 heteroatoms. The zero-order chi connectivity index (χ0) is 14.5. The van der Waals surface area contributed by atoms with E-state index in [-0.39, 0.29) is 5.69 Å². The van der Waals surface area contributed by atoms with Crippen LogP contribution in [0.3, 0.4) is 0 Å². The molecule has 1 aromatic carbocycles. The Kier molecular flexibility index (Phi) is 4.94. The van der Waals surface area contributed by atoms with Crippen LogP contribution in [0.2, 0.25) is 5.02 Å². The van der Waals surface area contributed by atoms with Gasteiger partial charge in [0.05, 0.1) is 17.5 Å². The van der Waals surface area contributed by atoms with Crippen LogP contribution in [0, 0.1) is 21.4 Å². The van der Waals surface area contributed by atoms with E-state index in [0.717, 1.165) is 25.7 Å². The Morgan fingerprint density at radius 2 is 2.15 bits per heavy atom. The van der Waals surface area contributed by atoms with Crippen LogP contribution < -0.4 is 0 Å². The van der Waals surface area contributed by atoms with Gasteiger partial charge in [-0.3, -0.25) is 15.0 Å². The van der Waals surface area contributed by atoms with Gasteiger partial charge in [0.25, 0.3) is 5.69 Å². The molecule has 0 aliphatic heterocycles. The van der Waals surface area contributed by atoms with Crippen LogP contribution in [-0.2, 0) is 6.54 Å². The van der Waals surface area contributed by atoms with E-state index in [9.17, 15) is 10.1 Å². The second-order valence-corrected chi connectivity index (χ2v) is 5.47. The highest BCUT2D eigenvalue weighted by Crippen LogP contribution is 2.28. The first-order chi connectivity index (χ1) is 9.61. The van der Waals surface area contributed by atoms with Crippen molar-refractivity contribution in [1.82, 2.24) is 4.90 Å². The molecule has 0 N–H and O–H groups in total. The Labute approximate surface area is 122 Å². The second-order valence-electron chi connectivity index (χ2n) is 5.03. The van der Waals surface area contributed by atoms with Crippen molar-refractivity contribution in [2.75, 3.05) is 6.54 Å². The standard InChI is InChI=1S/C14H16ClN3O2/c15-12-6-5-11(14(9-12)18(19)20)10-17(8-7-16)13-3-1-2-4-13/h5-6,9,13H,1-4,8,10H2. The van der Waals surface area contributed by atoms with Crippen LogP contribution in [-0.4, -0.2) is 22.4 Å². The van der Waals surface area contributed by atoms with Gasteiger partial charge in [-0.05, 0) is 25.0 Å². The van der Waals surface area contributed by atoms with Crippen molar-refractivity contribution in [1.29, 1.82) is 5.26 Å². The minimum atomic E-state index is -0.416. The molecule has 0 atom stereocenters. The first-order valence-corrected chi connectivity index (χ1v) is 7.03. The van der Waals surface area contributed by atoms with Crippen molar-refractivity contribution in [2.45, 2.75) is 38.3 Å². The first kappa shape index (κ1) is 14.8. The molecule has 0 unspecified atom stereocenters. The van der Waals surface area contributed by atoms with Gasteiger partial charge in [-0.1, -0.05) is 24.4 Å². The van der Waals surface area contributed by atoms with Gasteiger partial charge < -0.3 is 0 Å². The average Bonchev–Trinajstić information content (AvgIpc) is 2.93. The first-order valence-electron chi connectivity index (χ1n) is 6.65.